The number of hydrogen-bond donors (Lipinski definition) is 2. The van der Waals surface area contributed by atoms with Gasteiger partial charge in [0.15, 0.2) is 0 Å². The van der Waals surface area contributed by atoms with Crippen LogP contribution >= 0.6 is 0 Å². The van der Waals surface area contributed by atoms with Crippen molar-refractivity contribution >= 4 is 16.6 Å². The molecule has 2 aromatic carbocycles. The monoisotopic (exact) mass is 341 g/mol. The molecule has 0 bridgehead atoms. The lowest BCUT2D eigenvalue weighted by molar-refractivity contribution is 0.881. The van der Waals surface area contributed by atoms with Crippen molar-refractivity contribution < 1.29 is 0 Å². The number of nitrogens with zero attached hydrogens (tertiary/aromatic N) is 1. The Morgan fingerprint density at radius 1 is 0.885 bits per heavy atom. The Hall–Kier alpha value is -3.07. The van der Waals surface area contributed by atoms with Crippen LogP contribution in [0.2, 0.25) is 0 Å². The molecule has 0 saturated carbocycles. The van der Waals surface area contributed by atoms with Crippen molar-refractivity contribution in [2.45, 2.75) is 26.8 Å². The predicted molar refractivity (Wildman–Crippen MR) is 109 cm³/mol. The van der Waals surface area contributed by atoms with E-state index in [1.54, 1.807) is 0 Å². The quantitative estimate of drug-likeness (QED) is 0.500. The number of hydrogen-bond acceptors (Lipinski definition) is 2. The maximum Gasteiger partial charge on any atom is 0.0963 e. The number of para-hydroxylation sites is 1. The molecule has 0 aliphatic carbocycles. The molecule has 0 fully saturated rings. The van der Waals surface area contributed by atoms with Crippen molar-refractivity contribution in [2.24, 2.45) is 0 Å². The van der Waals surface area contributed by atoms with Gasteiger partial charge in [-0.1, -0.05) is 36.4 Å². The first-order valence-corrected chi connectivity index (χ1v) is 8.96. The Morgan fingerprint density at radius 3 is 2.50 bits per heavy atom. The molecule has 1 atom stereocenters. The van der Waals surface area contributed by atoms with Crippen LogP contribution in [-0.2, 0) is 0 Å². The van der Waals surface area contributed by atoms with Crippen molar-refractivity contribution in [3.8, 4) is 0 Å². The second-order valence-electron chi connectivity index (χ2n) is 6.79. The summed E-state index contributed by atoms with van der Waals surface area (Å²) in [4.78, 5) is 8.18. The van der Waals surface area contributed by atoms with Gasteiger partial charge in [0.05, 0.1) is 11.7 Å². The van der Waals surface area contributed by atoms with Gasteiger partial charge < -0.3 is 10.3 Å². The molecule has 0 aliphatic rings. The SMILES string of the molecule is Cc1cccc(N[C@@H](c2ccccn2)c2c(C)[nH]c3ccccc23)c1C. The average Bonchev–Trinajstić information content (AvgIpc) is 2.99. The molecule has 0 saturated heterocycles. The number of nitrogens with one attached hydrogen (secondary N) is 2. The van der Waals surface area contributed by atoms with E-state index in [-0.39, 0.29) is 6.04 Å². The van der Waals surface area contributed by atoms with Crippen LogP contribution in [0.4, 0.5) is 5.69 Å². The van der Waals surface area contributed by atoms with Crippen molar-refractivity contribution in [3.05, 3.63) is 94.9 Å². The second-order valence-corrected chi connectivity index (χ2v) is 6.79. The van der Waals surface area contributed by atoms with Crippen molar-refractivity contribution in [1.82, 2.24) is 9.97 Å². The van der Waals surface area contributed by atoms with E-state index in [2.05, 4.69) is 84.6 Å². The number of benzene rings is 2. The molecule has 0 spiro atoms. The van der Waals surface area contributed by atoms with Crippen LogP contribution in [0.3, 0.4) is 0 Å². The van der Waals surface area contributed by atoms with Gasteiger partial charge in [-0.05, 0) is 56.2 Å². The second kappa shape index (κ2) is 6.68. The Kier molecular flexibility index (Phi) is 4.21. The number of aromatic nitrogens is 2. The van der Waals surface area contributed by atoms with Gasteiger partial charge in [0.25, 0.3) is 0 Å². The van der Waals surface area contributed by atoms with Gasteiger partial charge in [0, 0.05) is 34.0 Å². The molecule has 3 heteroatoms. The molecule has 0 amide bonds. The zero-order valence-electron chi connectivity index (χ0n) is 15.4. The number of H-pyrrole nitrogens is 1. The normalized spacial score (nSPS) is 12.3. The number of pyridine rings is 1. The van der Waals surface area contributed by atoms with Crippen LogP contribution in [0.5, 0.6) is 0 Å². The minimum absolute atomic E-state index is 0.0205. The zero-order valence-corrected chi connectivity index (χ0v) is 15.4. The smallest absolute Gasteiger partial charge is 0.0963 e. The molecular formula is C23H23N3. The van der Waals surface area contributed by atoms with Gasteiger partial charge >= 0.3 is 0 Å². The van der Waals surface area contributed by atoms with Crippen molar-refractivity contribution in [1.29, 1.82) is 0 Å². The molecule has 3 nitrogen and oxygen atoms in total. The summed E-state index contributed by atoms with van der Waals surface area (Å²) in [5, 5.41) is 4.99. The fraction of sp³-hybridized carbons (Fsp3) is 0.174. The van der Waals surface area contributed by atoms with Crippen molar-refractivity contribution in [2.75, 3.05) is 5.32 Å². The van der Waals surface area contributed by atoms with E-state index < -0.39 is 0 Å². The van der Waals surface area contributed by atoms with E-state index in [0.717, 1.165) is 16.9 Å². The van der Waals surface area contributed by atoms with Gasteiger partial charge in [-0.3, -0.25) is 4.98 Å². The molecule has 2 aromatic heterocycles. The molecule has 26 heavy (non-hydrogen) atoms. The third-order valence-electron chi connectivity index (χ3n) is 5.12. The number of aromatic amines is 1. The highest BCUT2D eigenvalue weighted by molar-refractivity contribution is 5.86. The first kappa shape index (κ1) is 16.4. The van der Waals surface area contributed by atoms with E-state index in [1.165, 1.54) is 27.8 Å². The number of rotatable bonds is 4. The predicted octanol–water partition coefficient (Wildman–Crippen LogP) is 5.69. The van der Waals surface area contributed by atoms with Crippen LogP contribution in [-0.4, -0.2) is 9.97 Å². The van der Waals surface area contributed by atoms with Crippen LogP contribution in [0.15, 0.2) is 66.9 Å². The largest absolute Gasteiger partial charge is 0.372 e. The lowest BCUT2D eigenvalue weighted by Crippen LogP contribution is -2.15. The molecule has 0 aliphatic heterocycles. The van der Waals surface area contributed by atoms with Crippen LogP contribution in [0.1, 0.15) is 34.1 Å². The summed E-state index contributed by atoms with van der Waals surface area (Å²) in [6.07, 6.45) is 1.86. The lowest BCUT2D eigenvalue weighted by Gasteiger charge is -2.22. The highest BCUT2D eigenvalue weighted by atomic mass is 15.0. The van der Waals surface area contributed by atoms with Crippen LogP contribution in [0, 0.1) is 20.8 Å². The minimum atomic E-state index is -0.0205. The van der Waals surface area contributed by atoms with E-state index in [1.807, 2.05) is 18.3 Å². The zero-order chi connectivity index (χ0) is 18.1. The van der Waals surface area contributed by atoms with E-state index >= 15 is 0 Å². The maximum absolute atomic E-state index is 4.65. The highest BCUT2D eigenvalue weighted by Crippen LogP contribution is 2.34. The summed E-state index contributed by atoms with van der Waals surface area (Å²) in [7, 11) is 0. The molecule has 4 rings (SSSR count). The van der Waals surface area contributed by atoms with E-state index in [4.69, 9.17) is 0 Å². The highest BCUT2D eigenvalue weighted by Gasteiger charge is 2.22. The first-order chi connectivity index (χ1) is 12.6. The Morgan fingerprint density at radius 2 is 1.69 bits per heavy atom. The average molecular weight is 341 g/mol. The Bertz CT molecular complexity index is 1050. The topological polar surface area (TPSA) is 40.7 Å². The third kappa shape index (κ3) is 2.86. The molecule has 2 heterocycles. The standard InChI is InChI=1S/C23H23N3/c1-15-9-8-13-19(16(15)2)26-23(21-12-6-7-14-24-21)22-17(3)25-20-11-5-4-10-18(20)22/h4-14,23,25-26H,1-3H3/t23-/m0/s1. The Labute approximate surface area is 154 Å². The first-order valence-electron chi connectivity index (χ1n) is 8.96. The maximum atomic E-state index is 4.65. The van der Waals surface area contributed by atoms with Gasteiger partial charge in [0.2, 0.25) is 0 Å². The van der Waals surface area contributed by atoms with Gasteiger partial charge in [-0.2, -0.15) is 0 Å². The van der Waals surface area contributed by atoms with Crippen LogP contribution in [0.25, 0.3) is 10.9 Å². The van der Waals surface area contributed by atoms with Gasteiger partial charge in [-0.15, -0.1) is 0 Å². The summed E-state index contributed by atoms with van der Waals surface area (Å²) >= 11 is 0. The summed E-state index contributed by atoms with van der Waals surface area (Å²) in [6, 6.07) is 20.9. The summed E-state index contributed by atoms with van der Waals surface area (Å²) < 4.78 is 0. The fourth-order valence-corrected chi connectivity index (χ4v) is 3.57. The summed E-state index contributed by atoms with van der Waals surface area (Å²) in [5.41, 5.74) is 8.28. The molecule has 2 N–H and O–H groups in total. The Balaban J connectivity index is 1.89. The van der Waals surface area contributed by atoms with Crippen molar-refractivity contribution in [3.63, 3.8) is 0 Å². The molecule has 130 valence electrons. The van der Waals surface area contributed by atoms with Gasteiger partial charge in [0.1, 0.15) is 0 Å². The van der Waals surface area contributed by atoms with Crippen LogP contribution < -0.4 is 5.32 Å². The molecule has 0 radical (unpaired) electrons. The number of aryl methyl sites for hydroxylation is 2. The number of anilines is 1. The molecular weight excluding hydrogens is 318 g/mol. The minimum Gasteiger partial charge on any atom is -0.372 e. The summed E-state index contributed by atoms with van der Waals surface area (Å²) in [6.45, 7) is 6.44. The molecule has 0 unspecified atom stereocenters. The van der Waals surface area contributed by atoms with E-state index in [0.29, 0.717) is 0 Å². The fourth-order valence-electron chi connectivity index (χ4n) is 3.57. The third-order valence-corrected chi connectivity index (χ3v) is 5.12. The lowest BCUT2D eigenvalue weighted by atomic mass is 9.98. The number of fused-ring (bicyclic) bond motifs is 1. The molecule has 4 aromatic rings. The van der Waals surface area contributed by atoms with Gasteiger partial charge in [-0.25, -0.2) is 0 Å². The van der Waals surface area contributed by atoms with E-state index in [9.17, 15) is 0 Å². The summed E-state index contributed by atoms with van der Waals surface area (Å²) in [5.74, 6) is 0.